The number of nitrogens with zero attached hydrogens (tertiary/aromatic N) is 2. The fourth-order valence-corrected chi connectivity index (χ4v) is 4.01. The Hall–Kier alpha value is -2.84. The van der Waals surface area contributed by atoms with Gasteiger partial charge in [-0.25, -0.2) is 4.79 Å². The van der Waals surface area contributed by atoms with E-state index in [0.29, 0.717) is 31.5 Å². The molecule has 1 aromatic heterocycles. The highest BCUT2D eigenvalue weighted by Crippen LogP contribution is 2.42. The SMILES string of the molecule is CC1(C2CC2)NC(=O)N(CC(=O)NC2CCN(C(=O)c3ccoc3)CC2)C1=O. The van der Waals surface area contributed by atoms with Crippen molar-refractivity contribution in [1.82, 2.24) is 20.4 Å². The molecule has 1 atom stereocenters. The van der Waals surface area contributed by atoms with Gasteiger partial charge in [0.1, 0.15) is 18.3 Å². The maximum Gasteiger partial charge on any atom is 0.325 e. The van der Waals surface area contributed by atoms with Gasteiger partial charge in [-0.1, -0.05) is 0 Å². The van der Waals surface area contributed by atoms with Crippen LogP contribution in [0.3, 0.4) is 0 Å². The minimum Gasteiger partial charge on any atom is -0.472 e. The number of imide groups is 1. The van der Waals surface area contributed by atoms with Crippen molar-refractivity contribution in [2.24, 2.45) is 5.92 Å². The van der Waals surface area contributed by atoms with Gasteiger partial charge in [-0.05, 0) is 44.6 Å². The molecule has 5 amide bonds. The minimum atomic E-state index is -0.879. The van der Waals surface area contributed by atoms with Gasteiger partial charge in [-0.2, -0.15) is 0 Å². The van der Waals surface area contributed by atoms with Crippen LogP contribution >= 0.6 is 0 Å². The molecule has 2 N–H and O–H groups in total. The second-order valence-corrected chi connectivity index (χ2v) is 7.94. The first-order valence-corrected chi connectivity index (χ1v) is 9.63. The Morgan fingerprint density at radius 1 is 1.25 bits per heavy atom. The quantitative estimate of drug-likeness (QED) is 0.722. The van der Waals surface area contributed by atoms with E-state index in [0.717, 1.165) is 17.7 Å². The lowest BCUT2D eigenvalue weighted by molar-refractivity contribution is -0.135. The van der Waals surface area contributed by atoms with Crippen molar-refractivity contribution in [3.8, 4) is 0 Å². The van der Waals surface area contributed by atoms with E-state index in [1.807, 2.05) is 0 Å². The van der Waals surface area contributed by atoms with E-state index in [2.05, 4.69) is 10.6 Å². The topological polar surface area (TPSA) is 112 Å². The van der Waals surface area contributed by atoms with Crippen LogP contribution in [-0.4, -0.2) is 64.8 Å². The summed E-state index contributed by atoms with van der Waals surface area (Å²) in [5.41, 5.74) is -0.365. The molecule has 0 bridgehead atoms. The first kappa shape index (κ1) is 18.5. The highest BCUT2D eigenvalue weighted by Gasteiger charge is 2.56. The number of amides is 5. The van der Waals surface area contributed by atoms with Gasteiger partial charge >= 0.3 is 6.03 Å². The average molecular weight is 388 g/mol. The Balaban J connectivity index is 1.26. The number of likely N-dealkylation sites (tertiary alicyclic amines) is 1. The van der Waals surface area contributed by atoms with Crippen LogP contribution in [0.5, 0.6) is 0 Å². The largest absolute Gasteiger partial charge is 0.472 e. The summed E-state index contributed by atoms with van der Waals surface area (Å²) in [5.74, 6) is -0.606. The minimum absolute atomic E-state index is 0.0859. The summed E-state index contributed by atoms with van der Waals surface area (Å²) in [6.07, 6.45) is 5.95. The number of hydrogen-bond acceptors (Lipinski definition) is 5. The number of nitrogens with one attached hydrogen (secondary N) is 2. The van der Waals surface area contributed by atoms with Gasteiger partial charge < -0.3 is 20.0 Å². The Morgan fingerprint density at radius 3 is 2.57 bits per heavy atom. The first-order chi connectivity index (χ1) is 13.4. The van der Waals surface area contributed by atoms with Gasteiger partial charge in [0.05, 0.1) is 11.8 Å². The third-order valence-electron chi connectivity index (χ3n) is 5.91. The number of carbonyl (C=O) groups excluding carboxylic acids is 4. The van der Waals surface area contributed by atoms with Crippen LogP contribution in [0.2, 0.25) is 0 Å². The molecule has 9 heteroatoms. The van der Waals surface area contributed by atoms with E-state index >= 15 is 0 Å². The van der Waals surface area contributed by atoms with Crippen molar-refractivity contribution in [2.45, 2.75) is 44.2 Å². The molecule has 1 aliphatic carbocycles. The predicted octanol–water partition coefficient (Wildman–Crippen LogP) is 0.721. The van der Waals surface area contributed by atoms with Crippen molar-refractivity contribution in [1.29, 1.82) is 0 Å². The van der Waals surface area contributed by atoms with E-state index in [1.54, 1.807) is 17.9 Å². The van der Waals surface area contributed by atoms with Crippen LogP contribution in [-0.2, 0) is 9.59 Å². The molecule has 0 spiro atoms. The lowest BCUT2D eigenvalue weighted by atomic mass is 9.96. The van der Waals surface area contributed by atoms with Crippen molar-refractivity contribution in [3.63, 3.8) is 0 Å². The molecule has 3 fully saturated rings. The maximum absolute atomic E-state index is 12.6. The first-order valence-electron chi connectivity index (χ1n) is 9.63. The van der Waals surface area contributed by atoms with Crippen LogP contribution in [0.4, 0.5) is 4.79 Å². The van der Waals surface area contributed by atoms with Gasteiger partial charge in [0.15, 0.2) is 0 Å². The number of rotatable bonds is 5. The summed E-state index contributed by atoms with van der Waals surface area (Å²) in [4.78, 5) is 52.2. The molecule has 3 aliphatic rings. The standard InChI is InChI=1S/C19H24N4O5/c1-19(13-2-3-13)17(26)23(18(27)21-19)10-15(24)20-14-4-7-22(8-5-14)16(25)12-6-9-28-11-12/h6,9,11,13-14H,2-5,7-8,10H2,1H3,(H,20,24)(H,21,27). The van der Waals surface area contributed by atoms with Crippen LogP contribution < -0.4 is 10.6 Å². The Kier molecular flexibility index (Phi) is 4.60. The third-order valence-corrected chi connectivity index (χ3v) is 5.91. The zero-order valence-corrected chi connectivity index (χ0v) is 15.8. The Labute approximate surface area is 162 Å². The third kappa shape index (κ3) is 3.36. The molecular formula is C19H24N4O5. The number of urea groups is 1. The number of hydrogen-bond donors (Lipinski definition) is 2. The average Bonchev–Trinajstić information content (AvgIpc) is 3.35. The van der Waals surface area contributed by atoms with Crippen LogP contribution in [0.15, 0.2) is 23.0 Å². The highest BCUT2D eigenvalue weighted by atomic mass is 16.3. The maximum atomic E-state index is 12.6. The van der Waals surface area contributed by atoms with Crippen LogP contribution in [0.25, 0.3) is 0 Å². The molecule has 1 aromatic rings. The molecule has 4 rings (SSSR count). The second-order valence-electron chi connectivity index (χ2n) is 7.94. The molecule has 3 heterocycles. The van der Waals surface area contributed by atoms with Crippen molar-refractivity contribution < 1.29 is 23.6 Å². The summed E-state index contributed by atoms with van der Waals surface area (Å²) >= 11 is 0. The molecule has 2 aliphatic heterocycles. The highest BCUT2D eigenvalue weighted by molar-refractivity contribution is 6.09. The molecule has 9 nitrogen and oxygen atoms in total. The van der Waals surface area contributed by atoms with E-state index in [9.17, 15) is 19.2 Å². The molecule has 0 radical (unpaired) electrons. The van der Waals surface area contributed by atoms with Crippen LogP contribution in [0.1, 0.15) is 43.0 Å². The lowest BCUT2D eigenvalue weighted by Crippen LogP contribution is -2.50. The molecule has 28 heavy (non-hydrogen) atoms. The Morgan fingerprint density at radius 2 is 1.96 bits per heavy atom. The molecule has 1 saturated carbocycles. The fraction of sp³-hybridized carbons (Fsp3) is 0.579. The van der Waals surface area contributed by atoms with Crippen LogP contribution in [0, 0.1) is 5.92 Å². The number of carbonyl (C=O) groups is 4. The zero-order chi connectivity index (χ0) is 19.9. The fourth-order valence-electron chi connectivity index (χ4n) is 4.01. The molecule has 2 saturated heterocycles. The summed E-state index contributed by atoms with van der Waals surface area (Å²) in [7, 11) is 0. The molecular weight excluding hydrogens is 364 g/mol. The van der Waals surface area contributed by atoms with E-state index in [4.69, 9.17) is 4.42 Å². The van der Waals surface area contributed by atoms with Crippen molar-refractivity contribution in [2.75, 3.05) is 19.6 Å². The monoisotopic (exact) mass is 388 g/mol. The normalized spacial score (nSPS) is 25.8. The van der Waals surface area contributed by atoms with Gasteiger partial charge in [-0.15, -0.1) is 0 Å². The van der Waals surface area contributed by atoms with Crippen molar-refractivity contribution >= 4 is 23.8 Å². The summed E-state index contributed by atoms with van der Waals surface area (Å²) in [5, 5.41) is 5.62. The van der Waals surface area contributed by atoms with Gasteiger partial charge in [0.25, 0.3) is 11.8 Å². The number of piperidine rings is 1. The summed E-state index contributed by atoms with van der Waals surface area (Å²) in [6.45, 7) is 2.51. The predicted molar refractivity (Wildman–Crippen MR) is 97.1 cm³/mol. The van der Waals surface area contributed by atoms with E-state index < -0.39 is 11.6 Å². The summed E-state index contributed by atoms with van der Waals surface area (Å²) in [6, 6.07) is 1.04. The van der Waals surface area contributed by atoms with Crippen molar-refractivity contribution in [3.05, 3.63) is 24.2 Å². The Bertz CT molecular complexity index is 795. The summed E-state index contributed by atoms with van der Waals surface area (Å²) < 4.78 is 4.94. The molecule has 0 aromatic carbocycles. The van der Waals surface area contributed by atoms with Gasteiger partial charge in [0.2, 0.25) is 5.91 Å². The molecule has 150 valence electrons. The van der Waals surface area contributed by atoms with E-state index in [-0.39, 0.29) is 36.2 Å². The number of furan rings is 1. The zero-order valence-electron chi connectivity index (χ0n) is 15.8. The molecule has 1 unspecified atom stereocenters. The van der Waals surface area contributed by atoms with Gasteiger partial charge in [0, 0.05) is 19.1 Å². The van der Waals surface area contributed by atoms with Gasteiger partial charge in [-0.3, -0.25) is 19.3 Å². The smallest absolute Gasteiger partial charge is 0.325 e. The lowest BCUT2D eigenvalue weighted by Gasteiger charge is -2.32. The van der Waals surface area contributed by atoms with E-state index in [1.165, 1.54) is 12.5 Å². The second kappa shape index (κ2) is 6.96.